The van der Waals surface area contributed by atoms with Crippen molar-refractivity contribution in [3.8, 4) is 28.7 Å². The zero-order valence-corrected chi connectivity index (χ0v) is 28.5. The van der Waals surface area contributed by atoms with Crippen molar-refractivity contribution in [3.05, 3.63) is 76.7 Å². The van der Waals surface area contributed by atoms with E-state index in [1.165, 1.54) is 20.3 Å². The molecule has 0 aliphatic carbocycles. The number of hydrogen-bond donors (Lipinski definition) is 1. The highest BCUT2D eigenvalue weighted by atomic mass is 32.3. The monoisotopic (exact) mass is 714 g/mol. The Bertz CT molecular complexity index is 2130. The minimum Gasteiger partial charge on any atom is -0.493 e. The van der Waals surface area contributed by atoms with Crippen LogP contribution in [0, 0.1) is 6.92 Å². The maximum atomic E-state index is 13.2. The van der Waals surface area contributed by atoms with Crippen LogP contribution in [0.2, 0.25) is 0 Å². The Hall–Kier alpha value is -5.45. The Morgan fingerprint density at radius 1 is 0.760 bits per heavy atom. The Labute approximate surface area is 286 Å². The van der Waals surface area contributed by atoms with Crippen molar-refractivity contribution < 1.29 is 68.7 Å². The van der Waals surface area contributed by atoms with Crippen LogP contribution >= 0.6 is 0 Å². The Balaban J connectivity index is 1.56. The van der Waals surface area contributed by atoms with Gasteiger partial charge in [-0.3, -0.25) is 4.55 Å². The second kappa shape index (κ2) is 15.4. The van der Waals surface area contributed by atoms with E-state index in [1.54, 1.807) is 51.1 Å². The molecule has 0 amide bonds. The number of fused-ring (bicyclic) bond motifs is 2. The largest absolute Gasteiger partial charge is 0.493 e. The van der Waals surface area contributed by atoms with Crippen LogP contribution in [-0.4, -0.2) is 59.1 Å². The molecule has 0 aliphatic rings. The van der Waals surface area contributed by atoms with Gasteiger partial charge < -0.3 is 46.2 Å². The van der Waals surface area contributed by atoms with Crippen LogP contribution in [0.1, 0.15) is 51.6 Å². The van der Waals surface area contributed by atoms with Crippen LogP contribution < -0.4 is 23.1 Å². The number of aryl methyl sites for hydroxylation is 1. The number of methoxy groups -OCH3 is 2. The predicted molar refractivity (Wildman–Crippen MR) is 175 cm³/mol. The van der Waals surface area contributed by atoms with E-state index in [4.69, 9.17) is 42.0 Å². The number of carbonyl (C=O) groups excluding carboxylic acids is 2. The van der Waals surface area contributed by atoms with Gasteiger partial charge in [0.25, 0.3) is 0 Å². The first-order valence-corrected chi connectivity index (χ1v) is 16.5. The van der Waals surface area contributed by atoms with Crippen molar-refractivity contribution in [1.82, 2.24) is 0 Å². The first-order valence-electron chi connectivity index (χ1n) is 15.1. The molecule has 0 radical (unpaired) electrons. The molecule has 266 valence electrons. The van der Waals surface area contributed by atoms with Gasteiger partial charge in [-0.05, 0) is 50.6 Å². The maximum absolute atomic E-state index is 13.2. The first-order chi connectivity index (χ1) is 24.0. The molecule has 2 heterocycles. The lowest BCUT2D eigenvalue weighted by atomic mass is 10.1. The minimum atomic E-state index is -4.95. The van der Waals surface area contributed by atoms with E-state index in [2.05, 4.69) is 4.18 Å². The average molecular weight is 715 g/mol. The smallest absolute Gasteiger partial charge is 0.446 e. The lowest BCUT2D eigenvalue weighted by Crippen LogP contribution is -2.09. The molecule has 0 aliphatic heterocycles. The van der Waals surface area contributed by atoms with Crippen molar-refractivity contribution in [2.24, 2.45) is 0 Å². The fraction of sp³-hybridized carbons (Fsp3) is 0.294. The lowest BCUT2D eigenvalue weighted by molar-refractivity contribution is 0.0509. The zero-order valence-electron chi connectivity index (χ0n) is 27.7. The summed E-state index contributed by atoms with van der Waals surface area (Å²) in [5.41, 5.74) is 1.30. The molecular weight excluding hydrogens is 680 g/mol. The van der Waals surface area contributed by atoms with E-state index >= 15 is 0 Å². The third-order valence-corrected chi connectivity index (χ3v) is 7.52. The summed E-state index contributed by atoms with van der Waals surface area (Å²) >= 11 is 0. The van der Waals surface area contributed by atoms with Crippen LogP contribution in [0.5, 0.6) is 28.7 Å². The Morgan fingerprint density at radius 2 is 1.38 bits per heavy atom. The molecule has 50 heavy (non-hydrogen) atoms. The van der Waals surface area contributed by atoms with Gasteiger partial charge in [0.2, 0.25) is 0 Å². The molecule has 0 spiro atoms. The highest BCUT2D eigenvalue weighted by molar-refractivity contribution is 7.81. The highest BCUT2D eigenvalue weighted by Gasteiger charge is 2.27. The van der Waals surface area contributed by atoms with Gasteiger partial charge in [0.15, 0.2) is 35.6 Å². The van der Waals surface area contributed by atoms with Gasteiger partial charge in [0.1, 0.15) is 47.0 Å². The third-order valence-electron chi connectivity index (χ3n) is 7.13. The van der Waals surface area contributed by atoms with Crippen LogP contribution in [0.3, 0.4) is 0 Å². The molecule has 0 atom stereocenters. The van der Waals surface area contributed by atoms with Crippen LogP contribution in [0.4, 0.5) is 0 Å². The van der Waals surface area contributed by atoms with Gasteiger partial charge in [-0.15, -0.1) is 0 Å². The number of esters is 2. The van der Waals surface area contributed by atoms with Crippen LogP contribution in [0.25, 0.3) is 21.9 Å². The van der Waals surface area contributed by atoms with Gasteiger partial charge >= 0.3 is 22.3 Å². The highest BCUT2D eigenvalue weighted by Crippen LogP contribution is 2.40. The third kappa shape index (κ3) is 8.05. The first kappa shape index (κ1) is 35.8. The summed E-state index contributed by atoms with van der Waals surface area (Å²) in [6, 6.07) is 12.8. The lowest BCUT2D eigenvalue weighted by Gasteiger charge is -2.14. The summed E-state index contributed by atoms with van der Waals surface area (Å²) in [6.07, 6.45) is 0. The topological polar surface area (TPSA) is 189 Å². The predicted octanol–water partition coefficient (Wildman–Crippen LogP) is 6.17. The van der Waals surface area contributed by atoms with Crippen LogP contribution in [-0.2, 0) is 37.8 Å². The molecule has 2 aromatic heterocycles. The molecule has 0 unspecified atom stereocenters. The fourth-order valence-electron chi connectivity index (χ4n) is 5.09. The summed E-state index contributed by atoms with van der Waals surface area (Å²) in [5.74, 6) is -0.634. The Kier molecular flexibility index (Phi) is 11.0. The quantitative estimate of drug-likeness (QED) is 0.0693. The van der Waals surface area contributed by atoms with Crippen molar-refractivity contribution in [2.75, 3.05) is 34.2 Å². The van der Waals surface area contributed by atoms with E-state index in [1.807, 2.05) is 6.07 Å². The summed E-state index contributed by atoms with van der Waals surface area (Å²) < 4.78 is 87.4. The van der Waals surface area contributed by atoms with Gasteiger partial charge in [0.05, 0.1) is 20.3 Å². The maximum Gasteiger partial charge on any atom is 0.446 e. The van der Waals surface area contributed by atoms with E-state index in [9.17, 15) is 22.6 Å². The number of ether oxygens (including phenoxy) is 7. The van der Waals surface area contributed by atoms with E-state index in [-0.39, 0.29) is 78.3 Å². The number of furan rings is 2. The molecule has 0 fully saturated rings. The molecule has 5 aromatic rings. The molecule has 16 heteroatoms. The Morgan fingerprint density at radius 3 is 2.06 bits per heavy atom. The minimum absolute atomic E-state index is 0.00691. The number of benzene rings is 3. The summed E-state index contributed by atoms with van der Waals surface area (Å²) in [5, 5.41) is 0.490. The van der Waals surface area contributed by atoms with Gasteiger partial charge in [-0.25, -0.2) is 9.59 Å². The van der Waals surface area contributed by atoms with Crippen LogP contribution in [0.15, 0.2) is 57.4 Å². The summed E-state index contributed by atoms with van der Waals surface area (Å²) in [7, 11) is -2.18. The molecular formula is C34H34O15S. The SMILES string of the molecule is CCOC(=O)c1c(C)oc2cc(OCc3cccc(OCOC)c3)c(OCc3oc4cc(OC)c(OS(=O)(=O)O)cc4c3C(=O)OCC)cc12. The molecule has 0 bridgehead atoms. The van der Waals surface area contributed by atoms with Crippen molar-refractivity contribution in [1.29, 1.82) is 0 Å². The second-order valence-corrected chi connectivity index (χ2v) is 11.5. The number of carbonyl (C=O) groups is 2. The summed E-state index contributed by atoms with van der Waals surface area (Å²) in [6.45, 7) is 4.86. The molecule has 0 saturated heterocycles. The fourth-order valence-corrected chi connectivity index (χ4v) is 5.44. The van der Waals surface area contributed by atoms with E-state index < -0.39 is 28.1 Å². The molecule has 15 nitrogen and oxygen atoms in total. The average Bonchev–Trinajstić information content (AvgIpc) is 3.59. The number of rotatable bonds is 16. The second-order valence-electron chi connectivity index (χ2n) is 10.5. The van der Waals surface area contributed by atoms with Gasteiger partial charge in [-0.1, -0.05) is 12.1 Å². The molecule has 5 rings (SSSR count). The van der Waals surface area contributed by atoms with Gasteiger partial charge in [-0.2, -0.15) is 8.42 Å². The normalized spacial score (nSPS) is 11.4. The van der Waals surface area contributed by atoms with Gasteiger partial charge in [0, 0.05) is 30.0 Å². The molecule has 0 saturated carbocycles. The van der Waals surface area contributed by atoms with E-state index in [0.29, 0.717) is 22.5 Å². The standard InChI is InChI=1S/C34H34O15S/c1-6-42-33(35)31-19(3)47-24-15-28(44-16-20-9-8-10-21(11-20)46-18-40-4)27(12-22(24)31)45-17-30-32(34(36)43-7-2)23-13-29(49-50(37,38)39)26(41-5)14-25(23)48-30/h8-15H,6-7,16-18H2,1-5H3,(H,37,38,39). The molecule has 1 N–H and O–H groups in total. The van der Waals surface area contributed by atoms with Crippen molar-refractivity contribution in [2.45, 2.75) is 34.0 Å². The van der Waals surface area contributed by atoms with Crippen molar-refractivity contribution in [3.63, 3.8) is 0 Å². The van der Waals surface area contributed by atoms with Crippen molar-refractivity contribution >= 4 is 44.3 Å². The molecule has 3 aromatic carbocycles. The number of hydrogen-bond acceptors (Lipinski definition) is 14. The summed E-state index contributed by atoms with van der Waals surface area (Å²) in [4.78, 5) is 26.1. The van der Waals surface area contributed by atoms with E-state index in [0.717, 1.165) is 11.6 Å². The zero-order chi connectivity index (χ0) is 36.0.